The summed E-state index contributed by atoms with van der Waals surface area (Å²) in [6.45, 7) is 8.49. The molecule has 0 radical (unpaired) electrons. The Bertz CT molecular complexity index is 1020. The Morgan fingerprint density at radius 2 is 1.93 bits per heavy atom. The third kappa shape index (κ3) is 4.06. The first-order valence-electron chi connectivity index (χ1n) is 9.10. The van der Waals surface area contributed by atoms with E-state index in [0.717, 1.165) is 21.5 Å². The number of aromatic nitrogens is 1. The summed E-state index contributed by atoms with van der Waals surface area (Å²) in [7, 11) is 0. The van der Waals surface area contributed by atoms with Gasteiger partial charge in [0.15, 0.2) is 6.10 Å². The van der Waals surface area contributed by atoms with Crippen molar-refractivity contribution in [1.29, 1.82) is 0 Å². The van der Waals surface area contributed by atoms with Crippen LogP contribution in [0.25, 0.3) is 10.2 Å². The van der Waals surface area contributed by atoms with Gasteiger partial charge in [0.1, 0.15) is 5.75 Å². The number of nitrogens with one attached hydrogen (secondary N) is 1. The number of benzene rings is 2. The molecule has 27 heavy (non-hydrogen) atoms. The van der Waals surface area contributed by atoms with E-state index < -0.39 is 6.10 Å². The molecule has 6 heteroatoms. The molecule has 0 unspecified atom stereocenters. The second kappa shape index (κ2) is 7.96. The van der Waals surface area contributed by atoms with Gasteiger partial charge in [-0.2, -0.15) is 0 Å². The van der Waals surface area contributed by atoms with Crippen molar-refractivity contribution in [2.45, 2.75) is 46.3 Å². The highest BCUT2D eigenvalue weighted by atomic mass is 32.1. The maximum absolute atomic E-state index is 12.6. The van der Waals surface area contributed by atoms with Gasteiger partial charge in [0, 0.05) is 12.2 Å². The number of para-hydroxylation sites is 1. The summed E-state index contributed by atoms with van der Waals surface area (Å²) in [5.74, 6) is 0.809. The lowest BCUT2D eigenvalue weighted by Crippen LogP contribution is -2.30. The summed E-state index contributed by atoms with van der Waals surface area (Å²) in [5.41, 5.74) is 2.62. The van der Waals surface area contributed by atoms with Crippen molar-refractivity contribution >= 4 is 33.1 Å². The molecule has 3 aromatic rings. The number of hydrogen-bond donors (Lipinski definition) is 1. The van der Waals surface area contributed by atoms with E-state index in [1.54, 1.807) is 11.5 Å². The predicted octanol–water partition coefficient (Wildman–Crippen LogP) is 4.61. The molecule has 0 bridgehead atoms. The van der Waals surface area contributed by atoms with Gasteiger partial charge < -0.3 is 10.1 Å². The Morgan fingerprint density at radius 3 is 2.63 bits per heavy atom. The maximum atomic E-state index is 12.6. The Labute approximate surface area is 162 Å². The fraction of sp³-hybridized carbons (Fsp3) is 0.333. The first-order chi connectivity index (χ1) is 12.9. The van der Waals surface area contributed by atoms with Crippen LogP contribution in [-0.2, 0) is 11.3 Å². The molecule has 0 fully saturated rings. The molecular formula is C21H24N2O3S. The van der Waals surface area contributed by atoms with Gasteiger partial charge in [0.2, 0.25) is 0 Å². The van der Waals surface area contributed by atoms with Crippen molar-refractivity contribution in [2.24, 2.45) is 0 Å². The minimum Gasteiger partial charge on any atom is -0.481 e. The van der Waals surface area contributed by atoms with E-state index >= 15 is 0 Å². The first-order valence-corrected chi connectivity index (χ1v) is 9.92. The smallest absolute Gasteiger partial charge is 0.308 e. The van der Waals surface area contributed by atoms with Crippen LogP contribution in [0.15, 0.2) is 47.3 Å². The number of amides is 1. The minimum absolute atomic E-state index is 0.0120. The zero-order valence-electron chi connectivity index (χ0n) is 16.0. The average Bonchev–Trinajstić information content (AvgIpc) is 2.96. The van der Waals surface area contributed by atoms with Gasteiger partial charge in [-0.15, -0.1) is 0 Å². The second-order valence-corrected chi connectivity index (χ2v) is 7.73. The summed E-state index contributed by atoms with van der Waals surface area (Å²) in [5, 5.41) is 2.88. The number of aryl methyl sites for hydroxylation is 1. The van der Waals surface area contributed by atoms with Crippen LogP contribution in [-0.4, -0.2) is 16.6 Å². The molecule has 0 aliphatic heterocycles. The number of ether oxygens (including phenoxy) is 1. The van der Waals surface area contributed by atoms with Crippen LogP contribution >= 0.6 is 11.3 Å². The highest BCUT2D eigenvalue weighted by Gasteiger charge is 2.18. The van der Waals surface area contributed by atoms with E-state index in [0.29, 0.717) is 18.2 Å². The SMILES string of the molecule is CCn1c(=O)sc2cc(NC(=O)[C@@H](C)Oc3ccccc3C(C)C)ccc21. The van der Waals surface area contributed by atoms with E-state index in [4.69, 9.17) is 4.74 Å². The van der Waals surface area contributed by atoms with Gasteiger partial charge in [0.25, 0.3) is 5.91 Å². The lowest BCUT2D eigenvalue weighted by atomic mass is 10.0. The number of hydrogen-bond acceptors (Lipinski definition) is 4. The largest absolute Gasteiger partial charge is 0.481 e. The van der Waals surface area contributed by atoms with E-state index in [-0.39, 0.29) is 10.8 Å². The van der Waals surface area contributed by atoms with Crippen LogP contribution in [0.1, 0.15) is 39.2 Å². The average molecular weight is 385 g/mol. The molecule has 2 aromatic carbocycles. The van der Waals surface area contributed by atoms with Crippen molar-refractivity contribution in [1.82, 2.24) is 4.57 Å². The molecule has 0 aliphatic rings. The zero-order valence-corrected chi connectivity index (χ0v) is 16.8. The molecule has 1 heterocycles. The Kier molecular flexibility index (Phi) is 5.65. The van der Waals surface area contributed by atoms with Crippen LogP contribution in [0, 0.1) is 0 Å². The van der Waals surface area contributed by atoms with Crippen LogP contribution < -0.4 is 14.9 Å². The van der Waals surface area contributed by atoms with Crippen molar-refractivity contribution in [3.63, 3.8) is 0 Å². The summed E-state index contributed by atoms with van der Waals surface area (Å²) in [6.07, 6.45) is -0.639. The number of rotatable bonds is 6. The van der Waals surface area contributed by atoms with E-state index in [1.807, 2.05) is 49.4 Å². The fourth-order valence-electron chi connectivity index (χ4n) is 3.00. The quantitative estimate of drug-likeness (QED) is 0.675. The second-order valence-electron chi connectivity index (χ2n) is 6.74. The Morgan fingerprint density at radius 1 is 1.19 bits per heavy atom. The molecule has 1 N–H and O–H groups in total. The number of anilines is 1. The van der Waals surface area contributed by atoms with Crippen molar-refractivity contribution in [2.75, 3.05) is 5.32 Å². The molecule has 0 spiro atoms. The first kappa shape index (κ1) is 19.2. The Hall–Kier alpha value is -2.60. The highest BCUT2D eigenvalue weighted by molar-refractivity contribution is 7.16. The molecule has 3 rings (SSSR count). The van der Waals surface area contributed by atoms with Gasteiger partial charge >= 0.3 is 4.87 Å². The van der Waals surface area contributed by atoms with Crippen LogP contribution in [0.4, 0.5) is 5.69 Å². The standard InChI is InChI=1S/C21H24N2O3S/c1-5-23-17-11-10-15(12-19(17)27-21(23)25)22-20(24)14(4)26-18-9-7-6-8-16(18)13(2)3/h6-14H,5H2,1-4H3,(H,22,24)/t14-/m1/s1. The van der Waals surface area contributed by atoms with Gasteiger partial charge in [-0.25, -0.2) is 0 Å². The number of carbonyl (C=O) groups excluding carboxylic acids is 1. The molecule has 0 saturated heterocycles. The van der Waals surface area contributed by atoms with Gasteiger partial charge in [0.05, 0.1) is 10.2 Å². The molecule has 5 nitrogen and oxygen atoms in total. The maximum Gasteiger partial charge on any atom is 0.308 e. The molecule has 1 atom stereocenters. The van der Waals surface area contributed by atoms with Gasteiger partial charge in [-0.05, 0) is 49.6 Å². The number of carbonyl (C=O) groups is 1. The van der Waals surface area contributed by atoms with Gasteiger partial charge in [-0.1, -0.05) is 43.4 Å². The topological polar surface area (TPSA) is 60.3 Å². The molecule has 1 aromatic heterocycles. The number of fused-ring (bicyclic) bond motifs is 1. The summed E-state index contributed by atoms with van der Waals surface area (Å²) < 4.78 is 8.49. The molecule has 142 valence electrons. The lowest BCUT2D eigenvalue weighted by molar-refractivity contribution is -0.122. The number of nitrogens with zero attached hydrogens (tertiary/aromatic N) is 1. The Balaban J connectivity index is 1.75. The van der Waals surface area contributed by atoms with Crippen LogP contribution in [0.3, 0.4) is 0 Å². The lowest BCUT2D eigenvalue weighted by Gasteiger charge is -2.18. The van der Waals surface area contributed by atoms with Crippen LogP contribution in [0.5, 0.6) is 5.75 Å². The third-order valence-electron chi connectivity index (χ3n) is 4.47. The fourth-order valence-corrected chi connectivity index (χ4v) is 3.99. The monoisotopic (exact) mass is 384 g/mol. The molecule has 1 amide bonds. The predicted molar refractivity (Wildman–Crippen MR) is 111 cm³/mol. The van der Waals surface area contributed by atoms with Gasteiger partial charge in [-0.3, -0.25) is 14.2 Å². The summed E-state index contributed by atoms with van der Waals surface area (Å²) >= 11 is 1.19. The third-order valence-corrected chi connectivity index (χ3v) is 5.41. The zero-order chi connectivity index (χ0) is 19.6. The summed E-state index contributed by atoms with van der Waals surface area (Å²) in [6, 6.07) is 13.3. The van der Waals surface area contributed by atoms with Crippen molar-refractivity contribution in [3.8, 4) is 5.75 Å². The number of thiazole rings is 1. The van der Waals surface area contributed by atoms with Crippen molar-refractivity contribution in [3.05, 3.63) is 57.7 Å². The van der Waals surface area contributed by atoms with E-state index in [9.17, 15) is 9.59 Å². The van der Waals surface area contributed by atoms with E-state index in [1.165, 1.54) is 11.3 Å². The highest BCUT2D eigenvalue weighted by Crippen LogP contribution is 2.27. The normalized spacial score (nSPS) is 12.3. The molecule has 0 aliphatic carbocycles. The molecular weight excluding hydrogens is 360 g/mol. The summed E-state index contributed by atoms with van der Waals surface area (Å²) in [4.78, 5) is 24.6. The molecule has 0 saturated carbocycles. The van der Waals surface area contributed by atoms with Crippen molar-refractivity contribution < 1.29 is 9.53 Å². The minimum atomic E-state index is -0.639. The van der Waals surface area contributed by atoms with E-state index in [2.05, 4.69) is 19.2 Å². The van der Waals surface area contributed by atoms with Crippen LogP contribution in [0.2, 0.25) is 0 Å².